The van der Waals surface area contributed by atoms with E-state index in [-0.39, 0.29) is 5.78 Å². The summed E-state index contributed by atoms with van der Waals surface area (Å²) in [6, 6.07) is 5.28. The summed E-state index contributed by atoms with van der Waals surface area (Å²) in [5, 5.41) is 0. The van der Waals surface area contributed by atoms with Crippen molar-refractivity contribution < 1.29 is 14.3 Å². The standard InChI is InChI=1S/C14H20O3/c1-5-10(2)9-17-14-8-12(16-4)6-7-13(14)11(3)15/h6-8,10H,5,9H2,1-4H3. The average Bonchev–Trinajstić information content (AvgIpc) is 2.35. The van der Waals surface area contributed by atoms with E-state index < -0.39 is 0 Å². The highest BCUT2D eigenvalue weighted by atomic mass is 16.5. The van der Waals surface area contributed by atoms with Gasteiger partial charge in [-0.15, -0.1) is 0 Å². The van der Waals surface area contributed by atoms with Crippen LogP contribution in [0.3, 0.4) is 0 Å². The Balaban J connectivity index is 2.89. The minimum absolute atomic E-state index is 0.00630. The Labute approximate surface area is 103 Å². The van der Waals surface area contributed by atoms with Crippen molar-refractivity contribution in [2.24, 2.45) is 5.92 Å². The van der Waals surface area contributed by atoms with Gasteiger partial charge in [-0.05, 0) is 25.0 Å². The third-order valence-corrected chi connectivity index (χ3v) is 2.79. The largest absolute Gasteiger partial charge is 0.497 e. The highest BCUT2D eigenvalue weighted by Gasteiger charge is 2.11. The summed E-state index contributed by atoms with van der Waals surface area (Å²) in [4.78, 5) is 11.5. The lowest BCUT2D eigenvalue weighted by atomic mass is 10.1. The molecule has 0 fully saturated rings. The van der Waals surface area contributed by atoms with Gasteiger partial charge < -0.3 is 9.47 Å². The molecule has 0 aliphatic heterocycles. The molecule has 1 aromatic rings. The predicted octanol–water partition coefficient (Wildman–Crippen LogP) is 3.32. The first-order chi connectivity index (χ1) is 8.08. The maximum absolute atomic E-state index is 11.5. The number of benzene rings is 1. The number of hydrogen-bond donors (Lipinski definition) is 0. The Bertz CT molecular complexity index is 385. The van der Waals surface area contributed by atoms with Gasteiger partial charge in [-0.25, -0.2) is 0 Å². The first-order valence-corrected chi connectivity index (χ1v) is 5.90. The molecule has 0 aliphatic carbocycles. The average molecular weight is 236 g/mol. The molecule has 0 heterocycles. The molecule has 0 N–H and O–H groups in total. The quantitative estimate of drug-likeness (QED) is 0.711. The highest BCUT2D eigenvalue weighted by molar-refractivity contribution is 5.97. The fourth-order valence-electron chi connectivity index (χ4n) is 1.39. The van der Waals surface area contributed by atoms with Crippen molar-refractivity contribution in [1.82, 2.24) is 0 Å². The summed E-state index contributed by atoms with van der Waals surface area (Å²) in [5.41, 5.74) is 0.606. The van der Waals surface area contributed by atoms with Crippen molar-refractivity contribution in [3.63, 3.8) is 0 Å². The normalized spacial score (nSPS) is 12.0. The summed E-state index contributed by atoms with van der Waals surface area (Å²) in [6.07, 6.45) is 1.05. The van der Waals surface area contributed by atoms with E-state index in [4.69, 9.17) is 9.47 Å². The molecule has 0 radical (unpaired) electrons. The van der Waals surface area contributed by atoms with Crippen molar-refractivity contribution >= 4 is 5.78 Å². The Morgan fingerprint density at radius 3 is 2.65 bits per heavy atom. The van der Waals surface area contributed by atoms with Gasteiger partial charge in [0.25, 0.3) is 0 Å². The second-order valence-corrected chi connectivity index (χ2v) is 4.24. The minimum atomic E-state index is 0.00630. The number of hydrogen-bond acceptors (Lipinski definition) is 3. The van der Waals surface area contributed by atoms with E-state index in [1.807, 2.05) is 0 Å². The van der Waals surface area contributed by atoms with Crippen LogP contribution in [0.4, 0.5) is 0 Å². The van der Waals surface area contributed by atoms with Gasteiger partial charge in [0.15, 0.2) is 5.78 Å². The third-order valence-electron chi connectivity index (χ3n) is 2.79. The van der Waals surface area contributed by atoms with Crippen molar-refractivity contribution in [3.05, 3.63) is 23.8 Å². The zero-order valence-corrected chi connectivity index (χ0v) is 10.9. The summed E-state index contributed by atoms with van der Waals surface area (Å²) < 4.78 is 10.8. The predicted molar refractivity (Wildman–Crippen MR) is 67.9 cm³/mol. The van der Waals surface area contributed by atoms with Gasteiger partial charge in [0, 0.05) is 6.07 Å². The molecule has 17 heavy (non-hydrogen) atoms. The van der Waals surface area contributed by atoms with Gasteiger partial charge in [0.05, 0.1) is 19.3 Å². The number of methoxy groups -OCH3 is 1. The van der Waals surface area contributed by atoms with Crippen LogP contribution in [-0.2, 0) is 0 Å². The first kappa shape index (κ1) is 13.6. The molecule has 0 spiro atoms. The molecule has 3 nitrogen and oxygen atoms in total. The van der Waals surface area contributed by atoms with Gasteiger partial charge in [-0.2, -0.15) is 0 Å². The zero-order chi connectivity index (χ0) is 12.8. The van der Waals surface area contributed by atoms with Gasteiger partial charge in [-0.3, -0.25) is 4.79 Å². The van der Waals surface area contributed by atoms with Crippen molar-refractivity contribution in [3.8, 4) is 11.5 Å². The lowest BCUT2D eigenvalue weighted by Crippen LogP contribution is -2.09. The van der Waals surface area contributed by atoms with Crippen molar-refractivity contribution in [1.29, 1.82) is 0 Å². The molecule has 94 valence electrons. The SMILES string of the molecule is CCC(C)COc1cc(OC)ccc1C(C)=O. The molecule has 0 saturated carbocycles. The van der Waals surface area contributed by atoms with Crippen LogP contribution in [-0.4, -0.2) is 19.5 Å². The topological polar surface area (TPSA) is 35.5 Å². The van der Waals surface area contributed by atoms with Gasteiger partial charge in [-0.1, -0.05) is 20.3 Å². The number of rotatable bonds is 6. The van der Waals surface area contributed by atoms with Crippen LogP contribution in [0.25, 0.3) is 0 Å². The molecule has 1 aromatic carbocycles. The van der Waals surface area contributed by atoms with Gasteiger partial charge >= 0.3 is 0 Å². The lowest BCUT2D eigenvalue weighted by molar-refractivity contribution is 0.101. The third kappa shape index (κ3) is 3.77. The molecule has 0 aromatic heterocycles. The molecule has 1 rings (SSSR count). The van der Waals surface area contributed by atoms with E-state index in [1.165, 1.54) is 6.92 Å². The molecular weight excluding hydrogens is 216 g/mol. The van der Waals surface area contributed by atoms with E-state index in [0.29, 0.717) is 29.6 Å². The molecule has 0 bridgehead atoms. The summed E-state index contributed by atoms with van der Waals surface area (Å²) in [5.74, 6) is 1.79. The number of Topliss-reactive ketones (excluding diaryl/α,β-unsaturated/α-hetero) is 1. The second-order valence-electron chi connectivity index (χ2n) is 4.24. The van der Waals surface area contributed by atoms with Crippen LogP contribution in [0.1, 0.15) is 37.6 Å². The Morgan fingerprint density at radius 2 is 2.12 bits per heavy atom. The molecular formula is C14H20O3. The molecule has 3 heteroatoms. The second kappa shape index (κ2) is 6.28. The van der Waals surface area contributed by atoms with E-state index in [2.05, 4.69) is 13.8 Å². The van der Waals surface area contributed by atoms with E-state index in [1.54, 1.807) is 25.3 Å². The number of carbonyl (C=O) groups excluding carboxylic acids is 1. The zero-order valence-electron chi connectivity index (χ0n) is 10.9. The van der Waals surface area contributed by atoms with Crippen molar-refractivity contribution in [2.75, 3.05) is 13.7 Å². The highest BCUT2D eigenvalue weighted by Crippen LogP contribution is 2.25. The molecule has 1 atom stereocenters. The Morgan fingerprint density at radius 1 is 1.41 bits per heavy atom. The Kier molecular flexibility index (Phi) is 5.01. The Hall–Kier alpha value is -1.51. The fraction of sp³-hybridized carbons (Fsp3) is 0.500. The maximum Gasteiger partial charge on any atom is 0.163 e. The van der Waals surface area contributed by atoms with E-state index >= 15 is 0 Å². The monoisotopic (exact) mass is 236 g/mol. The van der Waals surface area contributed by atoms with Crippen LogP contribution >= 0.6 is 0 Å². The van der Waals surface area contributed by atoms with E-state index in [9.17, 15) is 4.79 Å². The maximum atomic E-state index is 11.5. The molecule has 0 aliphatic rings. The molecule has 1 unspecified atom stereocenters. The van der Waals surface area contributed by atoms with Crippen LogP contribution < -0.4 is 9.47 Å². The number of ether oxygens (including phenoxy) is 2. The number of carbonyl (C=O) groups is 1. The van der Waals surface area contributed by atoms with E-state index in [0.717, 1.165) is 6.42 Å². The van der Waals surface area contributed by atoms with Crippen molar-refractivity contribution in [2.45, 2.75) is 27.2 Å². The van der Waals surface area contributed by atoms with Gasteiger partial charge in [0.2, 0.25) is 0 Å². The van der Waals surface area contributed by atoms with Crippen LogP contribution in [0.5, 0.6) is 11.5 Å². The van der Waals surface area contributed by atoms with Crippen LogP contribution in [0.15, 0.2) is 18.2 Å². The molecule has 0 saturated heterocycles. The van der Waals surface area contributed by atoms with Crippen LogP contribution in [0.2, 0.25) is 0 Å². The van der Waals surface area contributed by atoms with Crippen LogP contribution in [0, 0.1) is 5.92 Å². The summed E-state index contributed by atoms with van der Waals surface area (Å²) in [6.45, 7) is 6.39. The fourth-order valence-corrected chi connectivity index (χ4v) is 1.39. The summed E-state index contributed by atoms with van der Waals surface area (Å²) >= 11 is 0. The van der Waals surface area contributed by atoms with Gasteiger partial charge in [0.1, 0.15) is 11.5 Å². The first-order valence-electron chi connectivity index (χ1n) is 5.90. The number of ketones is 1. The molecule has 0 amide bonds. The lowest BCUT2D eigenvalue weighted by Gasteiger charge is -2.14. The summed E-state index contributed by atoms with van der Waals surface area (Å²) in [7, 11) is 1.60. The minimum Gasteiger partial charge on any atom is -0.497 e. The smallest absolute Gasteiger partial charge is 0.163 e.